The summed E-state index contributed by atoms with van der Waals surface area (Å²) < 4.78 is 33.1. The van der Waals surface area contributed by atoms with Crippen LogP contribution in [0.15, 0.2) is 0 Å². The van der Waals surface area contributed by atoms with Crippen LogP contribution in [0.2, 0.25) is 0 Å². The lowest BCUT2D eigenvalue weighted by Gasteiger charge is -2.23. The molecule has 0 heterocycles. The van der Waals surface area contributed by atoms with E-state index >= 15 is 0 Å². The molecule has 5 nitrogen and oxygen atoms in total. The van der Waals surface area contributed by atoms with E-state index in [9.17, 15) is 4.57 Å². The van der Waals surface area contributed by atoms with E-state index in [0.29, 0.717) is 26.4 Å². The van der Waals surface area contributed by atoms with Crippen molar-refractivity contribution in [1.82, 2.24) is 0 Å². The maximum absolute atomic E-state index is 12.2. The highest BCUT2D eigenvalue weighted by molar-refractivity contribution is 8.24. The summed E-state index contributed by atoms with van der Waals surface area (Å²) >= 11 is 0. The Bertz CT molecular complexity index is 183. The fourth-order valence-corrected chi connectivity index (χ4v) is 5.37. The molecule has 0 saturated carbocycles. The zero-order valence-electron chi connectivity index (χ0n) is 9.76. The molecule has 0 fully saturated rings. The van der Waals surface area contributed by atoms with Gasteiger partial charge in [0.1, 0.15) is 0 Å². The van der Waals surface area contributed by atoms with Crippen molar-refractivity contribution >= 4 is 15.3 Å². The molecule has 0 rings (SSSR count). The zero-order chi connectivity index (χ0) is 11.7. The Morgan fingerprint density at radius 1 is 0.867 bits per heavy atom. The third-order valence-corrected chi connectivity index (χ3v) is 6.38. The number of hydrogen-bond donors (Lipinski definition) is 0. The molecule has 0 aromatic carbocycles. The summed E-state index contributed by atoms with van der Waals surface area (Å²) in [6, 6.07) is 0. The Morgan fingerprint density at radius 2 is 1.27 bits per heavy atom. The molecular weight excluding hydrogens is 238 g/mol. The Morgan fingerprint density at radius 3 is 1.53 bits per heavy atom. The van der Waals surface area contributed by atoms with E-state index < -0.39 is 15.3 Å². The summed E-state index contributed by atoms with van der Waals surface area (Å²) in [4.78, 5) is 0. The van der Waals surface area contributed by atoms with Crippen molar-refractivity contribution < 1.29 is 22.7 Å². The summed E-state index contributed by atoms with van der Waals surface area (Å²) in [7, 11) is -4.85. The van der Waals surface area contributed by atoms with Crippen molar-refractivity contribution in [3.05, 3.63) is 0 Å². The molecule has 15 heavy (non-hydrogen) atoms. The van der Waals surface area contributed by atoms with E-state index in [-0.39, 0.29) is 0 Å². The zero-order valence-corrected chi connectivity index (χ0v) is 11.6. The smallest absolute Gasteiger partial charge is 0.326 e. The molecular formula is C8H20O5P2. The van der Waals surface area contributed by atoms with Crippen LogP contribution in [-0.4, -0.2) is 26.4 Å². The lowest BCUT2D eigenvalue weighted by Crippen LogP contribution is -1.99. The minimum Gasteiger partial charge on any atom is -0.326 e. The molecule has 7 heteroatoms. The van der Waals surface area contributed by atoms with Crippen LogP contribution < -0.4 is 0 Å². The number of rotatable bonds is 9. The quantitative estimate of drug-likeness (QED) is 0.592. The maximum atomic E-state index is 12.2. The van der Waals surface area contributed by atoms with E-state index in [0.717, 1.165) is 0 Å². The third kappa shape index (κ3) is 5.39. The van der Waals surface area contributed by atoms with Gasteiger partial charge < -0.3 is 18.1 Å². The molecule has 0 saturated heterocycles. The lowest BCUT2D eigenvalue weighted by atomic mass is 10.9. The first-order chi connectivity index (χ1) is 7.14. The Labute approximate surface area is 92.8 Å². The predicted octanol–water partition coefficient (Wildman–Crippen LogP) is 3.55. The minimum atomic E-state index is -3.24. The van der Waals surface area contributed by atoms with E-state index in [4.69, 9.17) is 18.1 Å². The summed E-state index contributed by atoms with van der Waals surface area (Å²) in [5, 5.41) is 0. The average Bonchev–Trinajstić information content (AvgIpc) is 2.18. The molecule has 0 bridgehead atoms. The Balaban J connectivity index is 4.56. The van der Waals surface area contributed by atoms with Crippen molar-refractivity contribution in [3.8, 4) is 0 Å². The van der Waals surface area contributed by atoms with E-state index in [2.05, 4.69) is 0 Å². The standard InChI is InChI=1S/C8H20O5P2/c1-5-10-14(11-6-2)15(9,12-7-3)13-8-4/h5-8H2,1-4H3. The third-order valence-electron chi connectivity index (χ3n) is 1.26. The fraction of sp³-hybridized carbons (Fsp3) is 1.00. The van der Waals surface area contributed by atoms with Gasteiger partial charge in [-0.25, -0.2) is 4.57 Å². The number of hydrogen-bond acceptors (Lipinski definition) is 5. The van der Waals surface area contributed by atoms with Gasteiger partial charge >= 0.3 is 7.28 Å². The van der Waals surface area contributed by atoms with E-state index in [1.807, 2.05) is 13.8 Å². The fourth-order valence-electron chi connectivity index (χ4n) is 0.857. The maximum Gasteiger partial charge on any atom is 0.405 e. The second-order valence-corrected chi connectivity index (χ2v) is 7.27. The molecule has 0 aromatic heterocycles. The molecule has 0 aliphatic heterocycles. The second-order valence-electron chi connectivity index (χ2n) is 2.38. The van der Waals surface area contributed by atoms with Gasteiger partial charge in [-0.05, 0) is 27.7 Å². The highest BCUT2D eigenvalue weighted by Crippen LogP contribution is 2.77. The van der Waals surface area contributed by atoms with E-state index in [1.54, 1.807) is 13.8 Å². The van der Waals surface area contributed by atoms with Crippen LogP contribution in [-0.2, 0) is 22.7 Å². The van der Waals surface area contributed by atoms with Crippen LogP contribution in [0, 0.1) is 0 Å². The van der Waals surface area contributed by atoms with Crippen LogP contribution in [0.25, 0.3) is 0 Å². The normalized spacial score (nSPS) is 12.3. The van der Waals surface area contributed by atoms with Gasteiger partial charge in [0.05, 0.1) is 26.4 Å². The van der Waals surface area contributed by atoms with Gasteiger partial charge in [-0.1, -0.05) is 0 Å². The topological polar surface area (TPSA) is 54.0 Å². The van der Waals surface area contributed by atoms with Gasteiger partial charge in [0, 0.05) is 0 Å². The van der Waals surface area contributed by atoms with Gasteiger partial charge in [0.2, 0.25) is 0 Å². The van der Waals surface area contributed by atoms with Crippen molar-refractivity contribution in [2.45, 2.75) is 27.7 Å². The van der Waals surface area contributed by atoms with Gasteiger partial charge in [-0.2, -0.15) is 0 Å². The van der Waals surface area contributed by atoms with Crippen LogP contribution in [0.3, 0.4) is 0 Å². The molecule has 0 aliphatic rings. The van der Waals surface area contributed by atoms with Crippen LogP contribution in [0.5, 0.6) is 0 Å². The molecule has 0 spiro atoms. The molecule has 0 N–H and O–H groups in total. The van der Waals surface area contributed by atoms with Gasteiger partial charge in [0.25, 0.3) is 8.06 Å². The SMILES string of the molecule is CCOP(OCC)P(=O)(OCC)OCC. The molecule has 0 amide bonds. The minimum absolute atomic E-state index is 0.316. The lowest BCUT2D eigenvalue weighted by molar-refractivity contribution is 0.214. The van der Waals surface area contributed by atoms with Gasteiger partial charge in [-0.15, -0.1) is 0 Å². The summed E-state index contributed by atoms with van der Waals surface area (Å²) in [5.41, 5.74) is 0. The molecule has 0 radical (unpaired) electrons. The first-order valence-electron chi connectivity index (χ1n) is 5.10. The first kappa shape index (κ1) is 15.5. The highest BCUT2D eigenvalue weighted by atomic mass is 32.1. The van der Waals surface area contributed by atoms with E-state index in [1.165, 1.54) is 0 Å². The summed E-state index contributed by atoms with van der Waals surface area (Å²) in [5.74, 6) is 0. The second kappa shape index (κ2) is 8.63. The Kier molecular flexibility index (Phi) is 8.92. The van der Waals surface area contributed by atoms with Crippen molar-refractivity contribution in [2.75, 3.05) is 26.4 Å². The molecule has 0 aromatic rings. The largest absolute Gasteiger partial charge is 0.405 e. The first-order valence-corrected chi connectivity index (χ1v) is 8.52. The van der Waals surface area contributed by atoms with Gasteiger partial charge in [-0.3, -0.25) is 0 Å². The molecule has 0 unspecified atom stereocenters. The van der Waals surface area contributed by atoms with Crippen LogP contribution in [0.4, 0.5) is 0 Å². The van der Waals surface area contributed by atoms with Crippen LogP contribution >= 0.6 is 15.3 Å². The summed E-state index contributed by atoms with van der Waals surface area (Å²) in [6.07, 6.45) is 0. The molecule has 92 valence electrons. The molecule has 0 atom stereocenters. The summed E-state index contributed by atoms with van der Waals surface area (Å²) in [6.45, 7) is 8.64. The molecule has 0 aliphatic carbocycles. The Hall–Kier alpha value is 0.500. The monoisotopic (exact) mass is 258 g/mol. The van der Waals surface area contributed by atoms with Crippen molar-refractivity contribution in [2.24, 2.45) is 0 Å². The predicted molar refractivity (Wildman–Crippen MR) is 61.0 cm³/mol. The van der Waals surface area contributed by atoms with Crippen LogP contribution in [0.1, 0.15) is 27.7 Å². The average molecular weight is 258 g/mol. The van der Waals surface area contributed by atoms with Crippen molar-refractivity contribution in [3.63, 3.8) is 0 Å². The van der Waals surface area contributed by atoms with Gasteiger partial charge in [0.15, 0.2) is 0 Å². The van der Waals surface area contributed by atoms with Crippen molar-refractivity contribution in [1.29, 1.82) is 0 Å². The highest BCUT2D eigenvalue weighted by Gasteiger charge is 2.38.